The van der Waals surface area contributed by atoms with E-state index >= 15 is 0 Å². The van der Waals surface area contributed by atoms with Gasteiger partial charge >= 0.3 is 66.0 Å². The molecule has 0 saturated heterocycles. The molecule has 0 bridgehead atoms. The number of hydrogen-bond donors (Lipinski definition) is 0. The molecule has 0 amide bonds. The fourth-order valence-corrected chi connectivity index (χ4v) is 0.654. The predicted molar refractivity (Wildman–Crippen MR) is 25.9 cm³/mol. The van der Waals surface area contributed by atoms with Gasteiger partial charge in [-0.2, -0.15) is 0 Å². The van der Waals surface area contributed by atoms with Crippen molar-refractivity contribution in [1.82, 2.24) is 15.0 Å². The van der Waals surface area contributed by atoms with Crippen LogP contribution >= 0.6 is 0 Å². The summed E-state index contributed by atoms with van der Waals surface area (Å²) >= 11 is 0.436. The molecule has 0 aliphatic rings. The van der Waals surface area contributed by atoms with Gasteiger partial charge in [0.25, 0.3) is 0 Å². The third-order valence-corrected chi connectivity index (χ3v) is 0.978. The van der Waals surface area contributed by atoms with Crippen LogP contribution < -0.4 is 4.74 Å². The van der Waals surface area contributed by atoms with Crippen LogP contribution in [0.5, 0.6) is 6.01 Å². The zero-order valence-corrected chi connectivity index (χ0v) is 7.99. The molecule has 0 unspecified atom stereocenters. The summed E-state index contributed by atoms with van der Waals surface area (Å²) in [5, 5.41) is 0. The maximum atomic E-state index is 10.3. The zero-order chi connectivity index (χ0) is 7.40. The van der Waals surface area contributed by atoms with E-state index in [0.29, 0.717) is 18.3 Å². The van der Waals surface area contributed by atoms with Gasteiger partial charge in [0.1, 0.15) is 0 Å². The first-order chi connectivity index (χ1) is 4.79. The molecule has 0 N–H and O–H groups in total. The van der Waals surface area contributed by atoms with Crippen molar-refractivity contribution in [2.75, 3.05) is 0 Å². The predicted octanol–water partition coefficient (Wildman–Crippen LogP) is -0.0828. The van der Waals surface area contributed by atoms with Crippen LogP contribution in [0.25, 0.3) is 0 Å². The van der Waals surface area contributed by atoms with Gasteiger partial charge in [0.15, 0.2) is 0 Å². The standard InChI is InChI=1S/C4H2N3O2.Zn/c8-3-9-4-6-1-5-2-7-4;/h1-2H;. The number of ether oxygens (including phenoxy) is 1. The number of carbonyl (C=O) groups excluding carboxylic acids is 1. The second kappa shape index (κ2) is 3.32. The second-order valence-electron chi connectivity index (χ2n) is 1.39. The molecule has 6 heteroatoms. The maximum absolute atomic E-state index is 10.3. The van der Waals surface area contributed by atoms with E-state index in [-0.39, 0.29) is 10.6 Å². The van der Waals surface area contributed by atoms with E-state index in [1.807, 2.05) is 0 Å². The number of hydrogen-bond acceptors (Lipinski definition) is 5. The Balaban J connectivity index is 2.67. The molecule has 1 aromatic rings. The Bertz CT molecular complexity index is 227. The summed E-state index contributed by atoms with van der Waals surface area (Å²) in [6, 6.07) is 0.0613. The Labute approximate surface area is 66.5 Å². The van der Waals surface area contributed by atoms with Gasteiger partial charge in [-0.3, -0.25) is 0 Å². The normalized spacial score (nSPS) is 9.00. The first-order valence-corrected chi connectivity index (χ1v) is 3.93. The van der Waals surface area contributed by atoms with Gasteiger partial charge in [-0.1, -0.05) is 0 Å². The van der Waals surface area contributed by atoms with Crippen molar-refractivity contribution in [3.8, 4) is 6.01 Å². The van der Waals surface area contributed by atoms with Crippen LogP contribution in [0.2, 0.25) is 0 Å². The Morgan fingerprint density at radius 3 is 2.60 bits per heavy atom. The van der Waals surface area contributed by atoms with E-state index in [1.165, 1.54) is 12.7 Å². The van der Waals surface area contributed by atoms with Gasteiger partial charge in [0.05, 0.1) is 0 Å². The fourth-order valence-electron chi connectivity index (χ4n) is 0.383. The Morgan fingerprint density at radius 2 is 2.10 bits per heavy atom. The van der Waals surface area contributed by atoms with Crippen molar-refractivity contribution in [2.24, 2.45) is 0 Å². The molecule has 1 aromatic heterocycles. The van der Waals surface area contributed by atoms with Crippen molar-refractivity contribution >= 4 is 4.56 Å². The molecule has 0 atom stereocenters. The van der Waals surface area contributed by atoms with E-state index < -0.39 is 0 Å². The summed E-state index contributed by atoms with van der Waals surface area (Å²) in [5.74, 6) is 0. The van der Waals surface area contributed by atoms with Gasteiger partial charge in [-0.25, -0.2) is 0 Å². The first-order valence-electron chi connectivity index (χ1n) is 2.45. The SMILES string of the molecule is O=[C]([Zn])Oc1ncncn1. The molecule has 47 valence electrons. The molecule has 0 aliphatic carbocycles. The van der Waals surface area contributed by atoms with E-state index in [9.17, 15) is 4.79 Å². The molecule has 0 fully saturated rings. The van der Waals surface area contributed by atoms with Crippen molar-refractivity contribution in [2.45, 2.75) is 0 Å². The first kappa shape index (κ1) is 7.21. The van der Waals surface area contributed by atoms with Gasteiger partial charge in [-0.05, 0) is 0 Å². The summed E-state index contributed by atoms with van der Waals surface area (Å²) < 4.78 is 4.25. The molecule has 0 spiro atoms. The van der Waals surface area contributed by atoms with Crippen LogP contribution in [0.15, 0.2) is 12.7 Å². The van der Waals surface area contributed by atoms with Crippen molar-refractivity contribution in [3.05, 3.63) is 12.7 Å². The number of nitrogens with zero attached hydrogens (tertiary/aromatic N) is 3. The number of rotatable bonds is 1. The summed E-state index contributed by atoms with van der Waals surface area (Å²) in [5.41, 5.74) is 0. The van der Waals surface area contributed by atoms with Gasteiger partial charge in [0.2, 0.25) is 0 Å². The van der Waals surface area contributed by atoms with Gasteiger partial charge < -0.3 is 0 Å². The average molecular weight is 189 g/mol. The minimum atomic E-state index is -0.314. The topological polar surface area (TPSA) is 65.0 Å². The second-order valence-corrected chi connectivity index (χ2v) is 2.61. The summed E-state index contributed by atoms with van der Waals surface area (Å²) in [6.45, 7) is 0. The van der Waals surface area contributed by atoms with Crippen LogP contribution in [0.4, 0.5) is 4.79 Å². The Morgan fingerprint density at radius 1 is 1.50 bits per heavy atom. The van der Waals surface area contributed by atoms with Crippen molar-refractivity contribution in [3.63, 3.8) is 0 Å². The van der Waals surface area contributed by atoms with Crippen molar-refractivity contribution < 1.29 is 27.8 Å². The molecule has 5 nitrogen and oxygen atoms in total. The molecule has 1 heterocycles. The van der Waals surface area contributed by atoms with Crippen LogP contribution in [-0.2, 0) is 18.3 Å². The molecular weight excluding hydrogens is 187 g/mol. The average Bonchev–Trinajstić information content (AvgIpc) is 1.88. The molecular formula is C4H2N3O2Zn. The molecule has 0 aromatic carbocycles. The van der Waals surface area contributed by atoms with Crippen LogP contribution in [0.3, 0.4) is 0 Å². The van der Waals surface area contributed by atoms with Crippen LogP contribution in [0.1, 0.15) is 0 Å². The molecule has 0 saturated carbocycles. The van der Waals surface area contributed by atoms with Gasteiger partial charge in [-0.15, -0.1) is 0 Å². The minimum absolute atomic E-state index is 0.0613. The number of carbonyl (C=O) groups is 1. The molecule has 10 heavy (non-hydrogen) atoms. The monoisotopic (exact) mass is 188 g/mol. The summed E-state index contributed by atoms with van der Waals surface area (Å²) in [4.78, 5) is 21.0. The van der Waals surface area contributed by atoms with Crippen LogP contribution in [0, 0.1) is 0 Å². The summed E-state index contributed by atoms with van der Waals surface area (Å²) in [7, 11) is 0. The van der Waals surface area contributed by atoms with Crippen molar-refractivity contribution in [1.29, 1.82) is 0 Å². The van der Waals surface area contributed by atoms with E-state index in [0.717, 1.165) is 0 Å². The number of aromatic nitrogens is 3. The third kappa shape index (κ3) is 2.15. The Kier molecular flexibility index (Phi) is 2.39. The molecule has 1 rings (SSSR count). The van der Waals surface area contributed by atoms with Crippen LogP contribution in [-0.4, -0.2) is 19.5 Å². The zero-order valence-electron chi connectivity index (χ0n) is 5.02. The Hall–Kier alpha value is -0.897. The van der Waals surface area contributed by atoms with E-state index in [2.05, 4.69) is 19.7 Å². The fraction of sp³-hybridized carbons (Fsp3) is 0. The van der Waals surface area contributed by atoms with E-state index in [4.69, 9.17) is 0 Å². The molecule has 0 radical (unpaired) electrons. The summed E-state index contributed by atoms with van der Waals surface area (Å²) in [6.07, 6.45) is 2.54. The third-order valence-electron chi connectivity index (χ3n) is 0.675. The van der Waals surface area contributed by atoms with E-state index in [1.54, 1.807) is 0 Å². The van der Waals surface area contributed by atoms with Gasteiger partial charge in [0, 0.05) is 0 Å². The molecule has 0 aliphatic heterocycles. The quantitative estimate of drug-likeness (QED) is 0.578.